The van der Waals surface area contributed by atoms with Gasteiger partial charge in [0, 0.05) is 0 Å². The predicted octanol–water partition coefficient (Wildman–Crippen LogP) is 3.06. The number of rotatable bonds is 2. The van der Waals surface area contributed by atoms with Crippen molar-refractivity contribution in [1.82, 2.24) is 9.97 Å². The van der Waals surface area contributed by atoms with Crippen LogP contribution in [0.5, 0.6) is 11.6 Å². The Morgan fingerprint density at radius 2 is 2.12 bits per heavy atom. The fraction of sp³-hybridized carbons (Fsp3) is 0.0909. The first-order valence-electron chi connectivity index (χ1n) is 4.78. The van der Waals surface area contributed by atoms with E-state index in [0.29, 0.717) is 27.5 Å². The van der Waals surface area contributed by atoms with Crippen molar-refractivity contribution < 1.29 is 9.13 Å². The monoisotopic (exact) mass is 297 g/mol. The molecule has 0 radical (unpaired) electrons. The Labute approximate surface area is 106 Å². The summed E-state index contributed by atoms with van der Waals surface area (Å²) in [6.45, 7) is 1.75. The molecule has 1 aromatic heterocycles. The van der Waals surface area contributed by atoms with Crippen molar-refractivity contribution in [2.75, 3.05) is 5.73 Å². The number of ether oxygens (including phenoxy) is 1. The standard InChI is InChI=1S/C11H9BrFN3O/c1-6-10(14)15-5-16-11(6)17-9-3-2-7(13)4-8(9)12/h2-5H,1H3,(H2,14,15,16). The molecule has 0 aliphatic carbocycles. The third-order valence-corrected chi connectivity index (χ3v) is 2.80. The summed E-state index contributed by atoms with van der Waals surface area (Å²) in [5, 5.41) is 0. The summed E-state index contributed by atoms with van der Waals surface area (Å²) >= 11 is 3.21. The van der Waals surface area contributed by atoms with Gasteiger partial charge in [-0.2, -0.15) is 0 Å². The molecule has 0 aliphatic heterocycles. The van der Waals surface area contributed by atoms with E-state index in [-0.39, 0.29) is 5.82 Å². The normalized spacial score (nSPS) is 10.3. The van der Waals surface area contributed by atoms with E-state index < -0.39 is 0 Å². The van der Waals surface area contributed by atoms with Gasteiger partial charge >= 0.3 is 0 Å². The summed E-state index contributed by atoms with van der Waals surface area (Å²) < 4.78 is 18.9. The molecule has 88 valence electrons. The van der Waals surface area contributed by atoms with Crippen LogP contribution in [0.1, 0.15) is 5.56 Å². The Morgan fingerprint density at radius 3 is 2.82 bits per heavy atom. The molecule has 0 unspecified atom stereocenters. The van der Waals surface area contributed by atoms with E-state index in [2.05, 4.69) is 25.9 Å². The molecule has 0 saturated carbocycles. The van der Waals surface area contributed by atoms with Crippen LogP contribution in [0.2, 0.25) is 0 Å². The van der Waals surface area contributed by atoms with Gasteiger partial charge in [-0.15, -0.1) is 0 Å². The molecule has 6 heteroatoms. The zero-order valence-corrected chi connectivity index (χ0v) is 10.5. The molecule has 0 fully saturated rings. The number of anilines is 1. The lowest BCUT2D eigenvalue weighted by Gasteiger charge is -2.09. The molecule has 2 aromatic rings. The highest BCUT2D eigenvalue weighted by atomic mass is 79.9. The van der Waals surface area contributed by atoms with Gasteiger partial charge in [0.05, 0.1) is 10.0 Å². The molecular formula is C11H9BrFN3O. The number of nitrogens with zero attached hydrogens (tertiary/aromatic N) is 2. The second kappa shape index (κ2) is 4.67. The van der Waals surface area contributed by atoms with Gasteiger partial charge in [-0.25, -0.2) is 14.4 Å². The van der Waals surface area contributed by atoms with E-state index in [4.69, 9.17) is 10.5 Å². The van der Waals surface area contributed by atoms with Crippen LogP contribution >= 0.6 is 15.9 Å². The van der Waals surface area contributed by atoms with E-state index >= 15 is 0 Å². The fourth-order valence-electron chi connectivity index (χ4n) is 1.21. The highest BCUT2D eigenvalue weighted by Crippen LogP contribution is 2.31. The van der Waals surface area contributed by atoms with Crippen LogP contribution in [0.4, 0.5) is 10.2 Å². The summed E-state index contributed by atoms with van der Waals surface area (Å²) in [6, 6.07) is 4.13. The summed E-state index contributed by atoms with van der Waals surface area (Å²) in [6.07, 6.45) is 1.31. The van der Waals surface area contributed by atoms with E-state index in [1.54, 1.807) is 6.92 Å². The minimum Gasteiger partial charge on any atom is -0.437 e. The number of hydrogen-bond donors (Lipinski definition) is 1. The summed E-state index contributed by atoms with van der Waals surface area (Å²) in [5.74, 6) is 0.828. The van der Waals surface area contributed by atoms with Crippen LogP contribution < -0.4 is 10.5 Å². The molecular weight excluding hydrogens is 289 g/mol. The largest absolute Gasteiger partial charge is 0.437 e. The lowest BCUT2D eigenvalue weighted by Crippen LogP contribution is -1.99. The molecule has 0 atom stereocenters. The van der Waals surface area contributed by atoms with E-state index in [9.17, 15) is 4.39 Å². The first-order chi connectivity index (χ1) is 8.08. The first kappa shape index (κ1) is 11.8. The fourth-order valence-corrected chi connectivity index (χ4v) is 1.64. The topological polar surface area (TPSA) is 61.0 Å². The Bertz CT molecular complexity index is 562. The van der Waals surface area contributed by atoms with Crippen LogP contribution in [0.15, 0.2) is 29.0 Å². The van der Waals surface area contributed by atoms with Crippen molar-refractivity contribution in [2.45, 2.75) is 6.92 Å². The summed E-state index contributed by atoms with van der Waals surface area (Å²) in [7, 11) is 0. The number of hydrogen-bond acceptors (Lipinski definition) is 4. The second-order valence-electron chi connectivity index (χ2n) is 3.37. The molecule has 0 amide bonds. The maximum Gasteiger partial charge on any atom is 0.227 e. The maximum atomic E-state index is 12.9. The number of aromatic nitrogens is 2. The van der Waals surface area contributed by atoms with Crippen molar-refractivity contribution in [2.24, 2.45) is 0 Å². The van der Waals surface area contributed by atoms with Crippen LogP contribution in [-0.2, 0) is 0 Å². The predicted molar refractivity (Wildman–Crippen MR) is 65.4 cm³/mol. The Kier molecular flexibility index (Phi) is 3.23. The Hall–Kier alpha value is -1.69. The average Bonchev–Trinajstić information content (AvgIpc) is 2.28. The Morgan fingerprint density at radius 1 is 1.35 bits per heavy atom. The summed E-state index contributed by atoms with van der Waals surface area (Å²) in [5.41, 5.74) is 6.28. The van der Waals surface area contributed by atoms with E-state index in [1.165, 1.54) is 24.5 Å². The number of nitrogen functional groups attached to an aromatic ring is 1. The quantitative estimate of drug-likeness (QED) is 0.925. The molecule has 0 spiro atoms. The van der Waals surface area contributed by atoms with E-state index in [0.717, 1.165) is 0 Å². The lowest BCUT2D eigenvalue weighted by molar-refractivity contribution is 0.453. The van der Waals surface area contributed by atoms with Crippen molar-refractivity contribution >= 4 is 21.7 Å². The minimum absolute atomic E-state index is 0.344. The molecule has 0 saturated heterocycles. The van der Waals surface area contributed by atoms with Crippen molar-refractivity contribution in [1.29, 1.82) is 0 Å². The van der Waals surface area contributed by atoms with Crippen molar-refractivity contribution in [3.05, 3.63) is 40.4 Å². The number of halogens is 2. The van der Waals surface area contributed by atoms with Crippen LogP contribution in [0.25, 0.3) is 0 Å². The highest BCUT2D eigenvalue weighted by Gasteiger charge is 2.09. The number of nitrogens with two attached hydrogens (primary N) is 1. The van der Waals surface area contributed by atoms with Crippen LogP contribution in [-0.4, -0.2) is 9.97 Å². The molecule has 4 nitrogen and oxygen atoms in total. The van der Waals surface area contributed by atoms with E-state index in [1.807, 2.05) is 0 Å². The minimum atomic E-state index is -0.344. The highest BCUT2D eigenvalue weighted by molar-refractivity contribution is 9.10. The van der Waals surface area contributed by atoms with Crippen LogP contribution in [0, 0.1) is 12.7 Å². The van der Waals surface area contributed by atoms with Crippen molar-refractivity contribution in [3.63, 3.8) is 0 Å². The van der Waals surface area contributed by atoms with Gasteiger partial charge < -0.3 is 10.5 Å². The third kappa shape index (κ3) is 2.52. The van der Waals surface area contributed by atoms with Gasteiger partial charge in [-0.05, 0) is 41.1 Å². The molecule has 0 bridgehead atoms. The van der Waals surface area contributed by atoms with Gasteiger partial charge in [0.1, 0.15) is 23.7 Å². The SMILES string of the molecule is Cc1c(N)ncnc1Oc1ccc(F)cc1Br. The smallest absolute Gasteiger partial charge is 0.227 e. The zero-order valence-electron chi connectivity index (χ0n) is 8.95. The van der Waals surface area contributed by atoms with Gasteiger partial charge in [0.25, 0.3) is 0 Å². The van der Waals surface area contributed by atoms with Crippen LogP contribution in [0.3, 0.4) is 0 Å². The van der Waals surface area contributed by atoms with Crippen molar-refractivity contribution in [3.8, 4) is 11.6 Å². The van der Waals surface area contributed by atoms with Gasteiger partial charge in [0.15, 0.2) is 0 Å². The maximum absolute atomic E-state index is 12.9. The molecule has 17 heavy (non-hydrogen) atoms. The molecule has 1 aromatic carbocycles. The first-order valence-corrected chi connectivity index (χ1v) is 5.57. The summed E-state index contributed by atoms with van der Waals surface area (Å²) in [4.78, 5) is 7.80. The lowest BCUT2D eigenvalue weighted by atomic mass is 10.3. The molecule has 2 rings (SSSR count). The molecule has 0 aliphatic rings. The van der Waals surface area contributed by atoms with Gasteiger partial charge in [-0.1, -0.05) is 0 Å². The molecule has 2 N–H and O–H groups in total. The number of benzene rings is 1. The average molecular weight is 298 g/mol. The second-order valence-corrected chi connectivity index (χ2v) is 4.22. The van der Waals surface area contributed by atoms with Gasteiger partial charge in [0.2, 0.25) is 5.88 Å². The zero-order chi connectivity index (χ0) is 12.4. The Balaban J connectivity index is 2.35. The van der Waals surface area contributed by atoms with Gasteiger partial charge in [-0.3, -0.25) is 0 Å². The third-order valence-electron chi connectivity index (χ3n) is 2.18. The molecule has 1 heterocycles.